The molecule has 1 aromatic carbocycles. The van der Waals surface area contributed by atoms with Gasteiger partial charge in [-0.25, -0.2) is 8.42 Å². The zero-order chi connectivity index (χ0) is 17.7. The van der Waals surface area contributed by atoms with Crippen molar-refractivity contribution in [2.24, 2.45) is 0 Å². The molecule has 0 bridgehead atoms. The van der Waals surface area contributed by atoms with Crippen LogP contribution in [0.5, 0.6) is 0 Å². The minimum absolute atomic E-state index is 0.186. The Balaban J connectivity index is 2.02. The van der Waals surface area contributed by atoms with Gasteiger partial charge in [-0.1, -0.05) is 12.1 Å². The summed E-state index contributed by atoms with van der Waals surface area (Å²) in [5, 5.41) is 6.88. The fourth-order valence-corrected chi connectivity index (χ4v) is 4.26. The number of hydrogen-bond donors (Lipinski definition) is 2. The second-order valence-corrected chi connectivity index (χ2v) is 8.22. The highest BCUT2D eigenvalue weighted by Crippen LogP contribution is 2.20. The predicted molar refractivity (Wildman–Crippen MR) is 93.5 cm³/mol. The van der Waals surface area contributed by atoms with Gasteiger partial charge in [-0.05, 0) is 29.6 Å². The van der Waals surface area contributed by atoms with E-state index < -0.39 is 15.9 Å². The van der Waals surface area contributed by atoms with Crippen molar-refractivity contribution in [2.75, 3.05) is 24.2 Å². The van der Waals surface area contributed by atoms with Crippen LogP contribution in [0.3, 0.4) is 0 Å². The summed E-state index contributed by atoms with van der Waals surface area (Å²) in [6.07, 6.45) is 0. The average molecular weight is 367 g/mol. The van der Waals surface area contributed by atoms with Crippen molar-refractivity contribution in [2.45, 2.75) is 11.1 Å². The number of hydrogen-bond acceptors (Lipinski definition) is 5. The standard InChI is InChI=1S/C15H17N3O4S2/c1-11(19)16-12-5-3-6-13(9-12)17-14(20)10-18(2)24(21,22)15-7-4-8-23-15/h3-9H,10H2,1-2H3,(H,16,19)(H,17,20). The number of nitrogens with one attached hydrogen (secondary N) is 2. The van der Waals surface area contributed by atoms with Gasteiger partial charge < -0.3 is 10.6 Å². The highest BCUT2D eigenvalue weighted by Gasteiger charge is 2.23. The molecular formula is C15H17N3O4S2. The van der Waals surface area contributed by atoms with Gasteiger partial charge >= 0.3 is 0 Å². The molecule has 128 valence electrons. The minimum Gasteiger partial charge on any atom is -0.326 e. The Labute approximate surface area is 144 Å². The molecule has 0 aliphatic heterocycles. The highest BCUT2D eigenvalue weighted by molar-refractivity contribution is 7.91. The topological polar surface area (TPSA) is 95.6 Å². The van der Waals surface area contributed by atoms with E-state index in [1.165, 1.54) is 20.0 Å². The summed E-state index contributed by atoms with van der Waals surface area (Å²) in [6, 6.07) is 9.73. The maximum atomic E-state index is 12.3. The fraction of sp³-hybridized carbons (Fsp3) is 0.200. The van der Waals surface area contributed by atoms with Gasteiger partial charge in [0.15, 0.2) is 0 Å². The summed E-state index contributed by atoms with van der Waals surface area (Å²) in [5.74, 6) is -0.696. The van der Waals surface area contributed by atoms with Gasteiger partial charge in [-0.2, -0.15) is 4.31 Å². The molecule has 1 heterocycles. The summed E-state index contributed by atoms with van der Waals surface area (Å²) in [7, 11) is -2.32. The molecule has 1 aromatic heterocycles. The van der Waals surface area contributed by atoms with E-state index >= 15 is 0 Å². The number of benzene rings is 1. The van der Waals surface area contributed by atoms with Crippen LogP contribution in [0.2, 0.25) is 0 Å². The van der Waals surface area contributed by atoms with Crippen molar-refractivity contribution in [1.82, 2.24) is 4.31 Å². The van der Waals surface area contributed by atoms with Crippen LogP contribution >= 0.6 is 11.3 Å². The Kier molecular flexibility index (Phi) is 5.71. The van der Waals surface area contributed by atoms with E-state index in [0.717, 1.165) is 15.6 Å². The van der Waals surface area contributed by atoms with Crippen LogP contribution in [0.1, 0.15) is 6.92 Å². The molecule has 0 spiro atoms. The van der Waals surface area contributed by atoms with E-state index in [2.05, 4.69) is 10.6 Å². The molecule has 2 amide bonds. The Bertz CT molecular complexity index is 832. The van der Waals surface area contributed by atoms with Gasteiger partial charge in [0.25, 0.3) is 10.0 Å². The van der Waals surface area contributed by atoms with E-state index in [4.69, 9.17) is 0 Å². The zero-order valence-corrected chi connectivity index (χ0v) is 14.8. The van der Waals surface area contributed by atoms with E-state index in [1.54, 1.807) is 35.7 Å². The largest absolute Gasteiger partial charge is 0.326 e. The molecule has 0 atom stereocenters. The fourth-order valence-electron chi connectivity index (χ4n) is 1.93. The second-order valence-electron chi connectivity index (χ2n) is 5.00. The van der Waals surface area contributed by atoms with E-state index in [-0.39, 0.29) is 16.7 Å². The summed E-state index contributed by atoms with van der Waals surface area (Å²) in [6.45, 7) is 1.07. The van der Waals surface area contributed by atoms with Crippen molar-refractivity contribution >= 4 is 44.5 Å². The van der Waals surface area contributed by atoms with Crippen molar-refractivity contribution in [3.05, 3.63) is 41.8 Å². The van der Waals surface area contributed by atoms with Gasteiger partial charge in [0, 0.05) is 25.3 Å². The number of thiophene rings is 1. The molecule has 0 aliphatic rings. The van der Waals surface area contributed by atoms with Gasteiger partial charge in [-0.3, -0.25) is 9.59 Å². The third kappa shape index (κ3) is 4.63. The number of likely N-dealkylation sites (N-methyl/N-ethyl adjacent to an activating group) is 1. The lowest BCUT2D eigenvalue weighted by Gasteiger charge is -2.16. The van der Waals surface area contributed by atoms with Gasteiger partial charge in [0.2, 0.25) is 11.8 Å². The van der Waals surface area contributed by atoms with Crippen molar-refractivity contribution < 1.29 is 18.0 Å². The molecule has 2 rings (SSSR count). The van der Waals surface area contributed by atoms with Crippen LogP contribution in [0, 0.1) is 0 Å². The van der Waals surface area contributed by atoms with Gasteiger partial charge in [-0.15, -0.1) is 11.3 Å². The third-order valence-corrected chi connectivity index (χ3v) is 6.17. The van der Waals surface area contributed by atoms with Crippen LogP contribution in [0.4, 0.5) is 11.4 Å². The Morgan fingerprint density at radius 3 is 2.38 bits per heavy atom. The summed E-state index contributed by atoms with van der Waals surface area (Å²) >= 11 is 1.10. The van der Waals surface area contributed by atoms with Crippen molar-refractivity contribution in [1.29, 1.82) is 0 Å². The summed E-state index contributed by atoms with van der Waals surface area (Å²) < 4.78 is 25.7. The third-order valence-electron chi connectivity index (χ3n) is 2.99. The highest BCUT2D eigenvalue weighted by atomic mass is 32.2. The number of anilines is 2. The first-order valence-corrected chi connectivity index (χ1v) is 9.28. The lowest BCUT2D eigenvalue weighted by atomic mass is 10.2. The molecule has 0 radical (unpaired) electrons. The number of carbonyl (C=O) groups excluding carboxylic acids is 2. The smallest absolute Gasteiger partial charge is 0.252 e. The zero-order valence-electron chi connectivity index (χ0n) is 13.1. The molecule has 2 aromatic rings. The van der Waals surface area contributed by atoms with E-state index in [1.807, 2.05) is 0 Å². The first kappa shape index (κ1) is 18.1. The molecule has 24 heavy (non-hydrogen) atoms. The summed E-state index contributed by atoms with van der Waals surface area (Å²) in [4.78, 5) is 23.1. The van der Waals surface area contributed by atoms with E-state index in [9.17, 15) is 18.0 Å². The lowest BCUT2D eigenvalue weighted by Crippen LogP contribution is -2.34. The molecule has 0 saturated carbocycles. The summed E-state index contributed by atoms with van der Waals surface area (Å²) in [5.41, 5.74) is 1.01. The van der Waals surface area contributed by atoms with Crippen LogP contribution in [-0.4, -0.2) is 38.1 Å². The Morgan fingerprint density at radius 1 is 1.12 bits per heavy atom. The van der Waals surface area contributed by atoms with Crippen LogP contribution in [0.15, 0.2) is 46.0 Å². The quantitative estimate of drug-likeness (QED) is 0.816. The molecule has 2 N–H and O–H groups in total. The predicted octanol–water partition coefficient (Wildman–Crippen LogP) is 1.97. The number of carbonyl (C=O) groups is 2. The molecule has 9 heteroatoms. The van der Waals surface area contributed by atoms with Crippen LogP contribution < -0.4 is 10.6 Å². The van der Waals surface area contributed by atoms with Crippen LogP contribution in [0.25, 0.3) is 0 Å². The number of amides is 2. The Hall–Kier alpha value is -2.23. The molecule has 0 aliphatic carbocycles. The van der Waals surface area contributed by atoms with Crippen molar-refractivity contribution in [3.8, 4) is 0 Å². The maximum Gasteiger partial charge on any atom is 0.252 e. The van der Waals surface area contributed by atoms with Gasteiger partial charge in [0.1, 0.15) is 4.21 Å². The SMILES string of the molecule is CC(=O)Nc1cccc(NC(=O)CN(C)S(=O)(=O)c2cccs2)c1. The Morgan fingerprint density at radius 2 is 1.79 bits per heavy atom. The number of nitrogens with zero attached hydrogens (tertiary/aromatic N) is 1. The first-order chi connectivity index (χ1) is 11.3. The second kappa shape index (κ2) is 7.56. The van der Waals surface area contributed by atoms with Crippen molar-refractivity contribution in [3.63, 3.8) is 0 Å². The normalized spacial score (nSPS) is 11.3. The number of rotatable bonds is 6. The van der Waals surface area contributed by atoms with E-state index in [0.29, 0.717) is 11.4 Å². The first-order valence-electron chi connectivity index (χ1n) is 6.96. The molecular weight excluding hydrogens is 350 g/mol. The van der Waals surface area contributed by atoms with Gasteiger partial charge in [0.05, 0.1) is 6.54 Å². The maximum absolute atomic E-state index is 12.3. The molecule has 0 fully saturated rings. The lowest BCUT2D eigenvalue weighted by molar-refractivity contribution is -0.116. The molecule has 7 nitrogen and oxygen atoms in total. The molecule has 0 saturated heterocycles. The molecule has 0 unspecified atom stereocenters. The number of sulfonamides is 1. The monoisotopic (exact) mass is 367 g/mol. The average Bonchev–Trinajstić information content (AvgIpc) is 3.01. The van der Waals surface area contributed by atoms with Crippen LogP contribution in [-0.2, 0) is 19.6 Å². The minimum atomic E-state index is -3.67.